The summed E-state index contributed by atoms with van der Waals surface area (Å²) in [7, 11) is -3.41. The molecule has 0 spiro atoms. The van der Waals surface area contributed by atoms with Gasteiger partial charge in [0.05, 0.1) is 41.5 Å². The van der Waals surface area contributed by atoms with Crippen LogP contribution in [0.2, 0.25) is 0 Å². The molecule has 3 aromatic rings. The quantitative estimate of drug-likeness (QED) is 0.272. The van der Waals surface area contributed by atoms with E-state index >= 15 is 0 Å². The third-order valence-corrected chi connectivity index (χ3v) is 9.37. The lowest BCUT2D eigenvalue weighted by Gasteiger charge is -2.41. The number of hydrogen-bond donors (Lipinski definition) is 2. The van der Waals surface area contributed by atoms with Crippen molar-refractivity contribution in [3.63, 3.8) is 0 Å². The number of carbonyl (C=O) groups excluding carboxylic acids is 1. The molecule has 44 heavy (non-hydrogen) atoms. The number of amides is 1. The summed E-state index contributed by atoms with van der Waals surface area (Å²) in [6, 6.07) is 13.2. The Kier molecular flexibility index (Phi) is 10.6. The van der Waals surface area contributed by atoms with Crippen molar-refractivity contribution >= 4 is 21.4 Å². The van der Waals surface area contributed by atoms with Crippen molar-refractivity contribution in [2.75, 3.05) is 30.4 Å². The Bertz CT molecular complexity index is 1500. The smallest absolute Gasteiger partial charge is 0.394 e. The number of alkyl halides is 5. The molecule has 2 aromatic carbocycles. The third kappa shape index (κ3) is 8.10. The lowest BCUT2D eigenvalue weighted by molar-refractivity contribution is -0.138. The van der Waals surface area contributed by atoms with Crippen LogP contribution in [0.5, 0.6) is 0 Å². The van der Waals surface area contributed by atoms with Gasteiger partial charge in [-0.3, -0.25) is 9.78 Å². The number of nitrogens with one attached hydrogen (secondary N) is 1. The number of hydrogen-bond acceptors (Lipinski definition) is 7. The second kappa shape index (κ2) is 14.0. The van der Waals surface area contributed by atoms with Gasteiger partial charge in [-0.05, 0) is 66.9 Å². The average Bonchev–Trinajstić information content (AvgIpc) is 3.02. The number of rotatable bonds is 11. The highest BCUT2D eigenvalue weighted by molar-refractivity contribution is 7.91. The van der Waals surface area contributed by atoms with Gasteiger partial charge in [0.25, 0.3) is 5.91 Å². The number of aromatic nitrogens is 1. The summed E-state index contributed by atoms with van der Waals surface area (Å²) in [6.45, 7) is -1.88. The SMILES string of the molecule is CCS(=O)(=O)c1ccc([C@H](CO)NC(=O)c2ccc(N3CC(c4ccc(C(F)(F)F)cn4)CC[C@H]3COC(F)F)cc2)cc1. The molecule has 0 bridgehead atoms. The fourth-order valence-electron chi connectivity index (χ4n) is 5.11. The van der Waals surface area contributed by atoms with E-state index in [1.807, 2.05) is 4.90 Å². The van der Waals surface area contributed by atoms with Crippen molar-refractivity contribution in [3.8, 4) is 0 Å². The number of nitrogens with zero attached hydrogens (tertiary/aromatic N) is 2. The molecule has 0 aliphatic carbocycles. The number of halogens is 5. The van der Waals surface area contributed by atoms with Crippen molar-refractivity contribution in [1.82, 2.24) is 10.3 Å². The van der Waals surface area contributed by atoms with E-state index in [1.54, 1.807) is 12.1 Å². The predicted molar refractivity (Wildman–Crippen MR) is 152 cm³/mol. The van der Waals surface area contributed by atoms with E-state index in [4.69, 9.17) is 0 Å². The largest absolute Gasteiger partial charge is 0.417 e. The highest BCUT2D eigenvalue weighted by Crippen LogP contribution is 2.35. The summed E-state index contributed by atoms with van der Waals surface area (Å²) in [4.78, 5) is 19.0. The summed E-state index contributed by atoms with van der Waals surface area (Å²) in [6.07, 6.45) is -2.82. The van der Waals surface area contributed by atoms with Crippen LogP contribution in [0.15, 0.2) is 71.8 Å². The molecule has 2 heterocycles. The summed E-state index contributed by atoms with van der Waals surface area (Å²) < 4.78 is 93.4. The van der Waals surface area contributed by atoms with Gasteiger partial charge in [-0.15, -0.1) is 0 Å². The van der Waals surface area contributed by atoms with E-state index in [1.165, 1.54) is 49.4 Å². The molecule has 1 aliphatic rings. The van der Waals surface area contributed by atoms with Crippen molar-refractivity contribution in [3.05, 3.63) is 89.2 Å². The van der Waals surface area contributed by atoms with Gasteiger partial charge in [-0.1, -0.05) is 19.1 Å². The number of benzene rings is 2. The number of piperidine rings is 1. The maximum absolute atomic E-state index is 13.0. The van der Waals surface area contributed by atoms with Crippen LogP contribution < -0.4 is 10.2 Å². The van der Waals surface area contributed by atoms with Gasteiger partial charge >= 0.3 is 12.8 Å². The van der Waals surface area contributed by atoms with E-state index in [9.17, 15) is 40.3 Å². The van der Waals surface area contributed by atoms with Crippen LogP contribution in [0.4, 0.5) is 27.6 Å². The molecule has 4 rings (SSSR count). The lowest BCUT2D eigenvalue weighted by Crippen LogP contribution is -2.45. The molecular weight excluding hydrogens is 609 g/mol. The molecule has 0 radical (unpaired) electrons. The van der Waals surface area contributed by atoms with Gasteiger partial charge in [0.2, 0.25) is 0 Å². The molecule has 1 aliphatic heterocycles. The molecule has 1 unspecified atom stereocenters. The van der Waals surface area contributed by atoms with Crippen molar-refractivity contribution in [2.45, 2.75) is 55.5 Å². The first-order chi connectivity index (χ1) is 20.8. The summed E-state index contributed by atoms with van der Waals surface area (Å²) in [5.41, 5.74) is 0.923. The molecule has 1 saturated heterocycles. The number of pyridine rings is 1. The Morgan fingerprint density at radius 2 is 1.75 bits per heavy atom. The Labute approximate surface area is 251 Å². The first-order valence-corrected chi connectivity index (χ1v) is 15.5. The Hall–Kier alpha value is -3.62. The van der Waals surface area contributed by atoms with E-state index in [2.05, 4.69) is 15.0 Å². The number of sulfone groups is 1. The molecule has 1 amide bonds. The second-order valence-electron chi connectivity index (χ2n) is 10.4. The standard InChI is InChI=1S/C30H32F5N3O5S/c1-2-44(41,42)25-12-6-19(7-13-25)27(17-39)37-28(40)20-3-9-23(10-4-20)38-16-21(5-11-24(38)18-43-29(31)32)26-14-8-22(15-36-26)30(33,34)35/h3-4,6-10,12-15,21,24,27,29,39H,2,5,11,16-18H2,1H3,(H,37,40)/t21?,24-,27-/m0/s1. The van der Waals surface area contributed by atoms with Gasteiger partial charge < -0.3 is 20.1 Å². The molecule has 8 nitrogen and oxygen atoms in total. The van der Waals surface area contributed by atoms with Crippen LogP contribution >= 0.6 is 0 Å². The van der Waals surface area contributed by atoms with Crippen LogP contribution in [0, 0.1) is 0 Å². The number of aliphatic hydroxyl groups is 1. The van der Waals surface area contributed by atoms with Crippen molar-refractivity contribution in [2.24, 2.45) is 0 Å². The van der Waals surface area contributed by atoms with E-state index in [0.717, 1.165) is 12.3 Å². The van der Waals surface area contributed by atoms with Crippen molar-refractivity contribution < 1.29 is 45.0 Å². The molecule has 3 atom stereocenters. The van der Waals surface area contributed by atoms with Crippen LogP contribution in [0.3, 0.4) is 0 Å². The first kappa shape index (κ1) is 33.3. The van der Waals surface area contributed by atoms with E-state index in [-0.39, 0.29) is 35.3 Å². The van der Waals surface area contributed by atoms with Gasteiger partial charge in [0.1, 0.15) is 0 Å². The topological polar surface area (TPSA) is 109 Å². The molecular formula is C30H32F5N3O5S. The zero-order valence-corrected chi connectivity index (χ0v) is 24.5. The molecule has 0 saturated carbocycles. The zero-order chi connectivity index (χ0) is 32.1. The van der Waals surface area contributed by atoms with Crippen LogP contribution in [-0.2, 0) is 20.8 Å². The molecule has 238 valence electrons. The number of carbonyl (C=O) groups is 1. The highest BCUT2D eigenvalue weighted by atomic mass is 32.2. The summed E-state index contributed by atoms with van der Waals surface area (Å²) >= 11 is 0. The minimum absolute atomic E-state index is 0.0630. The van der Waals surface area contributed by atoms with Gasteiger partial charge in [-0.2, -0.15) is 22.0 Å². The van der Waals surface area contributed by atoms with Crippen LogP contribution in [-0.4, -0.2) is 62.6 Å². The molecule has 1 aromatic heterocycles. The average molecular weight is 642 g/mol. The number of anilines is 1. The van der Waals surface area contributed by atoms with Crippen LogP contribution in [0.25, 0.3) is 0 Å². The second-order valence-corrected chi connectivity index (χ2v) is 12.7. The summed E-state index contributed by atoms with van der Waals surface area (Å²) in [5, 5.41) is 12.6. The first-order valence-electron chi connectivity index (χ1n) is 13.9. The fraction of sp³-hybridized carbons (Fsp3) is 0.400. The zero-order valence-electron chi connectivity index (χ0n) is 23.7. The maximum Gasteiger partial charge on any atom is 0.417 e. The van der Waals surface area contributed by atoms with Crippen molar-refractivity contribution in [1.29, 1.82) is 0 Å². The van der Waals surface area contributed by atoms with E-state index < -0.39 is 52.8 Å². The Balaban J connectivity index is 1.49. The lowest BCUT2D eigenvalue weighted by atomic mass is 9.89. The number of ether oxygens (including phenoxy) is 1. The minimum Gasteiger partial charge on any atom is -0.394 e. The van der Waals surface area contributed by atoms with Gasteiger partial charge in [0, 0.05) is 35.6 Å². The van der Waals surface area contributed by atoms with Gasteiger partial charge in [0.15, 0.2) is 9.84 Å². The Morgan fingerprint density at radius 3 is 2.30 bits per heavy atom. The fourth-order valence-corrected chi connectivity index (χ4v) is 5.99. The summed E-state index contributed by atoms with van der Waals surface area (Å²) in [5.74, 6) is -0.844. The third-order valence-electron chi connectivity index (χ3n) is 7.62. The maximum atomic E-state index is 13.0. The molecule has 1 fully saturated rings. The highest BCUT2D eigenvalue weighted by Gasteiger charge is 2.33. The van der Waals surface area contributed by atoms with E-state index in [0.29, 0.717) is 29.8 Å². The van der Waals surface area contributed by atoms with Gasteiger partial charge in [-0.25, -0.2) is 8.42 Å². The normalized spacial score (nSPS) is 18.3. The predicted octanol–water partition coefficient (Wildman–Crippen LogP) is 5.35. The monoisotopic (exact) mass is 641 g/mol. The number of aliphatic hydroxyl groups excluding tert-OH is 1. The Morgan fingerprint density at radius 1 is 1.07 bits per heavy atom. The molecule has 2 N–H and O–H groups in total. The molecule has 14 heteroatoms. The van der Waals surface area contributed by atoms with Crippen LogP contribution in [0.1, 0.15) is 58.9 Å². The minimum atomic E-state index is -4.52.